The van der Waals surface area contributed by atoms with Gasteiger partial charge in [0.25, 0.3) is 0 Å². The number of aryl methyl sites for hydroxylation is 1. The molecule has 112 valence electrons. The van der Waals surface area contributed by atoms with Crippen LogP contribution in [0.25, 0.3) is 0 Å². The molecular weight excluding hydrogens is 250 g/mol. The van der Waals surface area contributed by atoms with Crippen molar-refractivity contribution in [2.45, 2.75) is 59.1 Å². The molecule has 0 saturated carbocycles. The second kappa shape index (κ2) is 6.98. The molecule has 1 N–H and O–H groups in total. The Morgan fingerprint density at radius 3 is 2.90 bits per heavy atom. The smallest absolute Gasteiger partial charge is 0.123 e. The zero-order valence-corrected chi connectivity index (χ0v) is 13.2. The lowest BCUT2D eigenvalue weighted by atomic mass is 10.0. The van der Waals surface area contributed by atoms with E-state index >= 15 is 0 Å². The minimum Gasteiger partial charge on any atom is -0.494 e. The highest BCUT2D eigenvalue weighted by molar-refractivity contribution is 5.48. The molecule has 1 aliphatic rings. The highest BCUT2D eigenvalue weighted by Gasteiger charge is 2.21. The van der Waals surface area contributed by atoms with Crippen molar-refractivity contribution in [3.8, 4) is 11.5 Å². The van der Waals surface area contributed by atoms with Gasteiger partial charge in [-0.1, -0.05) is 6.92 Å². The number of fused-ring (bicyclic) bond motifs is 1. The molecule has 1 aromatic rings. The lowest BCUT2D eigenvalue weighted by molar-refractivity contribution is 0.254. The second-order valence-electron chi connectivity index (χ2n) is 5.63. The van der Waals surface area contributed by atoms with Gasteiger partial charge < -0.3 is 14.8 Å². The summed E-state index contributed by atoms with van der Waals surface area (Å²) in [6.07, 6.45) is 3.41. The number of hydrogen-bond acceptors (Lipinski definition) is 3. The lowest BCUT2D eigenvalue weighted by Crippen LogP contribution is -2.25. The predicted octanol–water partition coefficient (Wildman–Crippen LogP) is 3.34. The molecule has 2 rings (SSSR count). The molecule has 0 aromatic heterocycles. The zero-order valence-electron chi connectivity index (χ0n) is 13.2. The van der Waals surface area contributed by atoms with Crippen LogP contribution in [-0.2, 0) is 12.8 Å². The summed E-state index contributed by atoms with van der Waals surface area (Å²) in [5.74, 6) is 2.08. The van der Waals surface area contributed by atoms with Gasteiger partial charge in [0.05, 0.1) is 6.61 Å². The number of hydrogen-bond donors (Lipinski definition) is 1. The molecule has 1 heterocycles. The zero-order chi connectivity index (χ0) is 14.5. The third-order valence-electron chi connectivity index (χ3n) is 3.78. The third kappa shape index (κ3) is 3.66. The van der Waals surface area contributed by atoms with Gasteiger partial charge in [-0.05, 0) is 57.9 Å². The Bertz CT molecular complexity index is 445. The van der Waals surface area contributed by atoms with E-state index in [0.717, 1.165) is 37.3 Å². The molecule has 0 spiro atoms. The van der Waals surface area contributed by atoms with Crippen LogP contribution in [-0.4, -0.2) is 25.3 Å². The van der Waals surface area contributed by atoms with Crippen molar-refractivity contribution in [3.05, 3.63) is 23.3 Å². The first kappa shape index (κ1) is 15.2. The molecule has 20 heavy (non-hydrogen) atoms. The Kier molecular flexibility index (Phi) is 5.30. The van der Waals surface area contributed by atoms with E-state index in [-0.39, 0.29) is 6.10 Å². The normalized spacial score (nSPS) is 18.5. The Labute approximate surface area is 122 Å². The Morgan fingerprint density at radius 1 is 1.40 bits per heavy atom. The second-order valence-corrected chi connectivity index (χ2v) is 5.63. The lowest BCUT2D eigenvalue weighted by Gasteiger charge is -2.15. The van der Waals surface area contributed by atoms with E-state index in [4.69, 9.17) is 9.47 Å². The number of ether oxygens (including phenoxy) is 2. The van der Waals surface area contributed by atoms with Crippen LogP contribution >= 0.6 is 0 Å². The van der Waals surface area contributed by atoms with Gasteiger partial charge in [0, 0.05) is 18.0 Å². The number of benzene rings is 1. The van der Waals surface area contributed by atoms with Crippen molar-refractivity contribution in [1.29, 1.82) is 0 Å². The summed E-state index contributed by atoms with van der Waals surface area (Å²) in [6, 6.07) is 4.89. The molecule has 0 fully saturated rings. The van der Waals surface area contributed by atoms with Gasteiger partial charge in [-0.25, -0.2) is 0 Å². The minimum atomic E-state index is 0.287. The molecule has 3 nitrogen and oxygen atoms in total. The maximum Gasteiger partial charge on any atom is 0.123 e. The summed E-state index contributed by atoms with van der Waals surface area (Å²) in [6.45, 7) is 10.3. The fourth-order valence-electron chi connectivity index (χ4n) is 2.79. The van der Waals surface area contributed by atoms with Crippen molar-refractivity contribution in [3.63, 3.8) is 0 Å². The van der Waals surface area contributed by atoms with Crippen molar-refractivity contribution >= 4 is 0 Å². The minimum absolute atomic E-state index is 0.287. The van der Waals surface area contributed by atoms with Crippen LogP contribution in [0.4, 0.5) is 0 Å². The first-order valence-corrected chi connectivity index (χ1v) is 7.82. The van der Waals surface area contributed by atoms with Crippen molar-refractivity contribution in [2.24, 2.45) is 0 Å². The summed E-state index contributed by atoms with van der Waals surface area (Å²) >= 11 is 0. The van der Waals surface area contributed by atoms with Gasteiger partial charge in [0.2, 0.25) is 0 Å². The fraction of sp³-hybridized carbons (Fsp3) is 0.647. The average molecular weight is 277 g/mol. The summed E-state index contributed by atoms with van der Waals surface area (Å²) < 4.78 is 11.7. The Hall–Kier alpha value is -1.22. The van der Waals surface area contributed by atoms with E-state index in [9.17, 15) is 0 Å². The van der Waals surface area contributed by atoms with Crippen LogP contribution in [0.5, 0.6) is 11.5 Å². The summed E-state index contributed by atoms with van der Waals surface area (Å²) in [5.41, 5.74) is 2.55. The van der Waals surface area contributed by atoms with E-state index in [1.165, 1.54) is 11.1 Å². The number of rotatable bonds is 7. The van der Waals surface area contributed by atoms with Crippen LogP contribution < -0.4 is 14.8 Å². The van der Waals surface area contributed by atoms with E-state index < -0.39 is 0 Å². The standard InChI is InChI=1S/C17H27NO2/c1-5-18-12(3)7-8-14-10-17-15(9-13(4)20-17)11-16(14)19-6-2/h10-13,18H,5-9H2,1-4H3. The fourth-order valence-corrected chi connectivity index (χ4v) is 2.79. The highest BCUT2D eigenvalue weighted by Crippen LogP contribution is 2.35. The van der Waals surface area contributed by atoms with Crippen molar-refractivity contribution < 1.29 is 9.47 Å². The van der Waals surface area contributed by atoms with Crippen LogP contribution in [0, 0.1) is 0 Å². The van der Waals surface area contributed by atoms with Gasteiger partial charge >= 0.3 is 0 Å². The topological polar surface area (TPSA) is 30.5 Å². The summed E-state index contributed by atoms with van der Waals surface area (Å²) in [7, 11) is 0. The van der Waals surface area contributed by atoms with Crippen LogP contribution in [0.3, 0.4) is 0 Å². The third-order valence-corrected chi connectivity index (χ3v) is 3.78. The molecule has 1 aliphatic heterocycles. The van der Waals surface area contributed by atoms with Gasteiger partial charge in [-0.15, -0.1) is 0 Å². The van der Waals surface area contributed by atoms with E-state index in [1.54, 1.807) is 0 Å². The first-order valence-electron chi connectivity index (χ1n) is 7.82. The largest absolute Gasteiger partial charge is 0.494 e. The van der Waals surface area contributed by atoms with Gasteiger partial charge in [-0.2, -0.15) is 0 Å². The van der Waals surface area contributed by atoms with E-state index in [1.807, 2.05) is 6.92 Å². The quantitative estimate of drug-likeness (QED) is 0.829. The summed E-state index contributed by atoms with van der Waals surface area (Å²) in [4.78, 5) is 0. The predicted molar refractivity (Wildman–Crippen MR) is 82.9 cm³/mol. The van der Waals surface area contributed by atoms with Crippen LogP contribution in [0.2, 0.25) is 0 Å². The van der Waals surface area contributed by atoms with Crippen molar-refractivity contribution in [1.82, 2.24) is 5.32 Å². The molecule has 3 heteroatoms. The molecule has 0 aliphatic carbocycles. The molecule has 0 bridgehead atoms. The molecule has 0 amide bonds. The molecule has 2 unspecified atom stereocenters. The maximum absolute atomic E-state index is 5.86. The van der Waals surface area contributed by atoms with Gasteiger partial charge in [0.15, 0.2) is 0 Å². The van der Waals surface area contributed by atoms with Crippen LogP contribution in [0.1, 0.15) is 45.2 Å². The maximum atomic E-state index is 5.86. The average Bonchev–Trinajstić information content (AvgIpc) is 2.76. The molecule has 1 aromatic carbocycles. The summed E-state index contributed by atoms with van der Waals surface area (Å²) in [5, 5.41) is 3.45. The van der Waals surface area contributed by atoms with E-state index in [0.29, 0.717) is 12.6 Å². The van der Waals surface area contributed by atoms with E-state index in [2.05, 4.69) is 38.2 Å². The van der Waals surface area contributed by atoms with Gasteiger partial charge in [-0.3, -0.25) is 0 Å². The monoisotopic (exact) mass is 277 g/mol. The van der Waals surface area contributed by atoms with Crippen molar-refractivity contribution in [2.75, 3.05) is 13.2 Å². The molecule has 0 saturated heterocycles. The Balaban J connectivity index is 2.12. The highest BCUT2D eigenvalue weighted by atomic mass is 16.5. The molecule has 0 radical (unpaired) electrons. The number of nitrogens with one attached hydrogen (secondary N) is 1. The van der Waals surface area contributed by atoms with Crippen LogP contribution in [0.15, 0.2) is 12.1 Å². The molecular formula is C17H27NO2. The first-order chi connectivity index (χ1) is 9.63. The SMILES string of the molecule is CCNC(C)CCc1cc2c(cc1OCC)CC(C)O2. The van der Waals surface area contributed by atoms with Gasteiger partial charge in [0.1, 0.15) is 17.6 Å². The molecule has 2 atom stereocenters. The Morgan fingerprint density at radius 2 is 2.20 bits per heavy atom.